The maximum Gasteiger partial charge on any atom is 0.258 e. The van der Waals surface area contributed by atoms with Crippen molar-refractivity contribution in [3.05, 3.63) is 74.1 Å². The van der Waals surface area contributed by atoms with Gasteiger partial charge in [0.05, 0.1) is 32.7 Å². The molecule has 0 saturated heterocycles. The lowest BCUT2D eigenvalue weighted by Gasteiger charge is -2.04. The number of nitrogens with one attached hydrogen (secondary N) is 3. The third kappa shape index (κ3) is 3.66. The van der Waals surface area contributed by atoms with Gasteiger partial charge in [-0.05, 0) is 77.5 Å². The van der Waals surface area contributed by atoms with Crippen molar-refractivity contribution in [3.63, 3.8) is 0 Å². The molecule has 9 heteroatoms. The van der Waals surface area contributed by atoms with Crippen molar-refractivity contribution >= 4 is 68.1 Å². The molecular formula is C22H14ClFIN5O. The second-order valence-corrected chi connectivity index (χ2v) is 8.73. The Morgan fingerprint density at radius 3 is 2.74 bits per heavy atom. The van der Waals surface area contributed by atoms with Crippen LogP contribution in [0.1, 0.15) is 15.9 Å². The first-order chi connectivity index (χ1) is 14.9. The van der Waals surface area contributed by atoms with Gasteiger partial charge in [-0.1, -0.05) is 17.7 Å². The highest BCUT2D eigenvalue weighted by molar-refractivity contribution is 14.1. The van der Waals surface area contributed by atoms with Gasteiger partial charge in [0.15, 0.2) is 0 Å². The zero-order valence-corrected chi connectivity index (χ0v) is 19.0. The van der Waals surface area contributed by atoms with E-state index in [4.69, 9.17) is 11.6 Å². The molecule has 0 fully saturated rings. The fourth-order valence-electron chi connectivity index (χ4n) is 3.48. The van der Waals surface area contributed by atoms with E-state index in [1.165, 1.54) is 12.1 Å². The number of rotatable bonds is 3. The predicted octanol–water partition coefficient (Wildman–Crippen LogP) is 6.06. The van der Waals surface area contributed by atoms with E-state index >= 15 is 0 Å². The summed E-state index contributed by atoms with van der Waals surface area (Å²) < 4.78 is 15.4. The van der Waals surface area contributed by atoms with Gasteiger partial charge in [0.25, 0.3) is 5.91 Å². The molecule has 1 amide bonds. The summed E-state index contributed by atoms with van der Waals surface area (Å²) in [6.07, 6.45) is 0. The summed E-state index contributed by atoms with van der Waals surface area (Å²) in [6, 6.07) is 13.7. The zero-order chi connectivity index (χ0) is 21.7. The molecule has 0 saturated carbocycles. The lowest BCUT2D eigenvalue weighted by Crippen LogP contribution is -2.13. The van der Waals surface area contributed by atoms with Crippen LogP contribution in [0.15, 0.2) is 48.5 Å². The molecule has 0 aliphatic rings. The quantitative estimate of drug-likeness (QED) is 0.241. The van der Waals surface area contributed by atoms with Gasteiger partial charge in [0, 0.05) is 9.13 Å². The number of carbonyl (C=O) groups excluding carboxylic acids is 1. The lowest BCUT2D eigenvalue weighted by atomic mass is 10.1. The molecule has 6 nitrogen and oxygen atoms in total. The first-order valence-corrected chi connectivity index (χ1v) is 10.8. The maximum absolute atomic E-state index is 14.3. The molecule has 0 aliphatic carbocycles. The molecule has 5 aromatic rings. The minimum absolute atomic E-state index is 0.197. The van der Waals surface area contributed by atoms with Gasteiger partial charge in [0.2, 0.25) is 5.95 Å². The number of H-pyrrole nitrogens is 2. The van der Waals surface area contributed by atoms with Gasteiger partial charge in [-0.25, -0.2) is 14.4 Å². The van der Waals surface area contributed by atoms with E-state index in [1.54, 1.807) is 18.2 Å². The average Bonchev–Trinajstić information content (AvgIpc) is 3.31. The van der Waals surface area contributed by atoms with Crippen LogP contribution >= 0.6 is 34.2 Å². The predicted molar refractivity (Wildman–Crippen MR) is 128 cm³/mol. The third-order valence-corrected chi connectivity index (χ3v) is 5.90. The molecule has 0 spiro atoms. The number of carbonyl (C=O) groups is 1. The van der Waals surface area contributed by atoms with Crippen LogP contribution in [0.5, 0.6) is 0 Å². The summed E-state index contributed by atoms with van der Waals surface area (Å²) in [5, 5.41) is 3.05. The minimum atomic E-state index is -0.471. The van der Waals surface area contributed by atoms with E-state index in [0.29, 0.717) is 28.4 Å². The van der Waals surface area contributed by atoms with Crippen LogP contribution in [0, 0.1) is 16.3 Å². The van der Waals surface area contributed by atoms with E-state index in [1.807, 2.05) is 25.1 Å². The summed E-state index contributed by atoms with van der Waals surface area (Å²) in [6.45, 7) is 1.84. The number of nitrogens with zero attached hydrogens (tertiary/aromatic N) is 2. The van der Waals surface area contributed by atoms with E-state index < -0.39 is 5.82 Å². The summed E-state index contributed by atoms with van der Waals surface area (Å²) in [5.41, 5.74) is 4.26. The molecule has 154 valence electrons. The highest BCUT2D eigenvalue weighted by Gasteiger charge is 2.17. The van der Waals surface area contributed by atoms with E-state index in [0.717, 1.165) is 20.2 Å². The second-order valence-electron chi connectivity index (χ2n) is 7.07. The lowest BCUT2D eigenvalue weighted by molar-refractivity contribution is 0.102. The Labute approximate surface area is 194 Å². The molecule has 0 radical (unpaired) electrons. The first kappa shape index (κ1) is 20.0. The third-order valence-electron chi connectivity index (χ3n) is 4.91. The van der Waals surface area contributed by atoms with Crippen molar-refractivity contribution < 1.29 is 9.18 Å². The minimum Gasteiger partial charge on any atom is -0.338 e. The molecule has 0 atom stereocenters. The smallest absolute Gasteiger partial charge is 0.258 e. The van der Waals surface area contributed by atoms with Crippen LogP contribution in [-0.2, 0) is 0 Å². The number of aromatic nitrogens is 4. The molecule has 2 aromatic heterocycles. The molecular weight excluding hydrogens is 532 g/mol. The molecule has 3 N–H and O–H groups in total. The van der Waals surface area contributed by atoms with Gasteiger partial charge in [-0.15, -0.1) is 0 Å². The number of hydrogen-bond acceptors (Lipinski definition) is 3. The van der Waals surface area contributed by atoms with Gasteiger partial charge in [-0.3, -0.25) is 10.1 Å². The summed E-state index contributed by atoms with van der Waals surface area (Å²) in [5.74, 6) is -0.116. The highest BCUT2D eigenvalue weighted by Crippen LogP contribution is 2.31. The van der Waals surface area contributed by atoms with Gasteiger partial charge < -0.3 is 9.97 Å². The van der Waals surface area contributed by atoms with Crippen molar-refractivity contribution in [2.75, 3.05) is 5.32 Å². The van der Waals surface area contributed by atoms with E-state index in [9.17, 15) is 9.18 Å². The van der Waals surface area contributed by atoms with E-state index in [2.05, 4.69) is 47.8 Å². The largest absolute Gasteiger partial charge is 0.338 e. The number of aromatic amines is 2. The Kier molecular flexibility index (Phi) is 4.90. The fraction of sp³-hybridized carbons (Fsp3) is 0.0455. The number of amides is 1. The van der Waals surface area contributed by atoms with Crippen LogP contribution < -0.4 is 5.32 Å². The van der Waals surface area contributed by atoms with E-state index in [-0.39, 0.29) is 16.5 Å². The molecule has 0 aliphatic heterocycles. The van der Waals surface area contributed by atoms with Crippen molar-refractivity contribution in [2.45, 2.75) is 6.92 Å². The van der Waals surface area contributed by atoms with Crippen LogP contribution in [0.25, 0.3) is 33.5 Å². The number of aryl methyl sites for hydroxylation is 1. The van der Waals surface area contributed by atoms with Crippen molar-refractivity contribution in [1.29, 1.82) is 0 Å². The number of imidazole rings is 2. The van der Waals surface area contributed by atoms with Gasteiger partial charge in [-0.2, -0.15) is 0 Å². The van der Waals surface area contributed by atoms with Crippen LogP contribution in [0.4, 0.5) is 10.3 Å². The molecule has 31 heavy (non-hydrogen) atoms. The van der Waals surface area contributed by atoms with Gasteiger partial charge >= 0.3 is 0 Å². The summed E-state index contributed by atoms with van der Waals surface area (Å²) in [7, 11) is 0. The Bertz CT molecular complexity index is 1470. The number of fused-ring (bicyclic) bond motifs is 2. The van der Waals surface area contributed by atoms with Gasteiger partial charge in [0.1, 0.15) is 11.6 Å². The Morgan fingerprint density at radius 2 is 1.94 bits per heavy atom. The Morgan fingerprint density at radius 1 is 1.10 bits per heavy atom. The Balaban J connectivity index is 1.50. The standard InChI is InChI=1S/C22H14ClFIN5O/c1-10-7-11(21(31)30-22-27-15-6-5-12(25)9-16(15)28-22)8-17-19(10)29-20(26-17)18-13(23)3-2-4-14(18)24/h2-9H,1H3,(H,26,29)(H2,27,28,30,31). The fourth-order valence-corrected chi connectivity index (χ4v) is 4.23. The average molecular weight is 546 g/mol. The molecule has 2 heterocycles. The van der Waals surface area contributed by atoms with Crippen molar-refractivity contribution in [3.8, 4) is 11.4 Å². The molecule has 0 unspecified atom stereocenters. The number of hydrogen-bond donors (Lipinski definition) is 3. The SMILES string of the molecule is Cc1cc(C(=O)Nc2nc3ccc(I)cc3[nH]2)cc2[nH]c(-c3c(F)cccc3Cl)nc12. The summed E-state index contributed by atoms with van der Waals surface area (Å²) in [4.78, 5) is 27.9. The molecule has 5 rings (SSSR count). The van der Waals surface area contributed by atoms with Crippen LogP contribution in [0.3, 0.4) is 0 Å². The molecule has 0 bridgehead atoms. The van der Waals surface area contributed by atoms with Crippen molar-refractivity contribution in [1.82, 2.24) is 19.9 Å². The number of halogens is 3. The number of benzene rings is 3. The normalized spacial score (nSPS) is 11.4. The highest BCUT2D eigenvalue weighted by atomic mass is 127. The van der Waals surface area contributed by atoms with Crippen molar-refractivity contribution in [2.24, 2.45) is 0 Å². The topological polar surface area (TPSA) is 86.5 Å². The number of anilines is 1. The zero-order valence-electron chi connectivity index (χ0n) is 16.1. The Hall–Kier alpha value is -2.98. The van der Waals surface area contributed by atoms with Crippen LogP contribution in [-0.4, -0.2) is 25.8 Å². The second kappa shape index (κ2) is 7.61. The first-order valence-electron chi connectivity index (χ1n) is 9.30. The monoisotopic (exact) mass is 545 g/mol. The maximum atomic E-state index is 14.3. The summed E-state index contributed by atoms with van der Waals surface area (Å²) >= 11 is 8.39. The molecule has 3 aromatic carbocycles. The van der Waals surface area contributed by atoms with Crippen LogP contribution in [0.2, 0.25) is 5.02 Å².